The van der Waals surface area contributed by atoms with Crippen LogP contribution < -0.4 is 5.32 Å². The first-order valence-corrected chi connectivity index (χ1v) is 8.04. The van der Waals surface area contributed by atoms with Crippen LogP contribution in [0.3, 0.4) is 0 Å². The highest BCUT2D eigenvalue weighted by Gasteiger charge is 2.25. The lowest BCUT2D eigenvalue weighted by molar-refractivity contribution is 0.183. The Morgan fingerprint density at radius 3 is 2.58 bits per heavy atom. The summed E-state index contributed by atoms with van der Waals surface area (Å²) in [6.45, 7) is 1.41. The number of likely N-dealkylation sites (tertiary alicyclic amines) is 1. The monoisotopic (exact) mass is 334 g/mol. The number of imidazole rings is 1. The molecule has 1 aromatic carbocycles. The van der Waals surface area contributed by atoms with Gasteiger partial charge in [0, 0.05) is 32.5 Å². The number of amides is 2. The van der Waals surface area contributed by atoms with E-state index in [9.17, 15) is 13.6 Å². The maximum absolute atomic E-state index is 13.6. The van der Waals surface area contributed by atoms with Crippen molar-refractivity contribution >= 4 is 6.03 Å². The van der Waals surface area contributed by atoms with Crippen molar-refractivity contribution in [1.29, 1.82) is 0 Å². The summed E-state index contributed by atoms with van der Waals surface area (Å²) < 4.78 is 28.6. The zero-order valence-corrected chi connectivity index (χ0v) is 13.5. The van der Waals surface area contributed by atoms with Crippen molar-refractivity contribution in [1.82, 2.24) is 19.8 Å². The maximum atomic E-state index is 13.6. The van der Waals surface area contributed by atoms with Gasteiger partial charge in [0.15, 0.2) is 11.6 Å². The second-order valence-electron chi connectivity index (χ2n) is 6.00. The Bertz CT molecular complexity index is 725. The summed E-state index contributed by atoms with van der Waals surface area (Å²) in [6.07, 6.45) is 6.43. The zero-order valence-electron chi connectivity index (χ0n) is 13.5. The van der Waals surface area contributed by atoms with Crippen molar-refractivity contribution in [2.45, 2.75) is 25.3 Å². The SMILES string of the molecule is Cn1ccnc1C(NC(=O)N1CCCCC1)c1ccc(F)c(F)c1. The molecule has 0 saturated carbocycles. The summed E-state index contributed by atoms with van der Waals surface area (Å²) >= 11 is 0. The van der Waals surface area contributed by atoms with Gasteiger partial charge in [-0.15, -0.1) is 0 Å². The third-order valence-corrected chi connectivity index (χ3v) is 4.30. The molecule has 1 unspecified atom stereocenters. The van der Waals surface area contributed by atoms with Crippen LogP contribution in [0.4, 0.5) is 13.6 Å². The van der Waals surface area contributed by atoms with Crippen molar-refractivity contribution in [3.63, 3.8) is 0 Å². The average molecular weight is 334 g/mol. The Morgan fingerprint density at radius 2 is 1.96 bits per heavy atom. The standard InChI is InChI=1S/C17H20F2N4O/c1-22-10-7-20-16(22)15(12-5-6-13(18)14(19)11-12)21-17(24)23-8-3-2-4-9-23/h5-7,10-11,15H,2-4,8-9H2,1H3,(H,21,24). The van der Waals surface area contributed by atoms with Crippen molar-refractivity contribution in [2.24, 2.45) is 7.05 Å². The van der Waals surface area contributed by atoms with Crippen LogP contribution in [0.5, 0.6) is 0 Å². The maximum Gasteiger partial charge on any atom is 0.318 e. The second kappa shape index (κ2) is 6.98. The number of carbonyl (C=O) groups excluding carboxylic acids is 1. The fraction of sp³-hybridized carbons (Fsp3) is 0.412. The van der Waals surface area contributed by atoms with Gasteiger partial charge in [-0.05, 0) is 37.0 Å². The van der Waals surface area contributed by atoms with Crippen LogP contribution in [0.25, 0.3) is 0 Å². The first-order chi connectivity index (χ1) is 11.6. The molecule has 1 aliphatic rings. The van der Waals surface area contributed by atoms with Crippen LogP contribution in [-0.4, -0.2) is 33.6 Å². The van der Waals surface area contributed by atoms with E-state index >= 15 is 0 Å². The Balaban J connectivity index is 1.89. The number of nitrogens with one attached hydrogen (secondary N) is 1. The molecule has 1 fully saturated rings. The van der Waals surface area contributed by atoms with Gasteiger partial charge in [0.05, 0.1) is 0 Å². The molecule has 2 heterocycles. The second-order valence-corrected chi connectivity index (χ2v) is 6.00. The smallest absolute Gasteiger partial charge is 0.318 e. The summed E-state index contributed by atoms with van der Waals surface area (Å²) in [5.41, 5.74) is 0.452. The summed E-state index contributed by atoms with van der Waals surface area (Å²) in [6, 6.07) is 2.77. The van der Waals surface area contributed by atoms with Gasteiger partial charge < -0.3 is 14.8 Å². The van der Waals surface area contributed by atoms with Crippen LogP contribution >= 0.6 is 0 Å². The largest absolute Gasteiger partial charge is 0.336 e. The molecule has 2 aromatic rings. The van der Waals surface area contributed by atoms with Crippen LogP contribution in [0.15, 0.2) is 30.6 Å². The number of aromatic nitrogens is 2. The number of benzene rings is 1. The molecule has 128 valence electrons. The third kappa shape index (κ3) is 3.39. The van der Waals surface area contributed by atoms with E-state index in [-0.39, 0.29) is 6.03 Å². The zero-order chi connectivity index (χ0) is 17.1. The Kier molecular flexibility index (Phi) is 4.78. The molecular weight excluding hydrogens is 314 g/mol. The van der Waals surface area contributed by atoms with E-state index in [1.54, 1.807) is 28.9 Å². The highest BCUT2D eigenvalue weighted by molar-refractivity contribution is 5.75. The minimum Gasteiger partial charge on any atom is -0.336 e. The number of nitrogens with zero attached hydrogens (tertiary/aromatic N) is 3. The molecule has 7 heteroatoms. The van der Waals surface area contributed by atoms with E-state index < -0.39 is 17.7 Å². The molecule has 0 aliphatic carbocycles. The van der Waals surface area contributed by atoms with Crippen molar-refractivity contribution in [3.05, 3.63) is 53.6 Å². The molecule has 0 radical (unpaired) electrons. The molecule has 1 atom stereocenters. The number of urea groups is 1. The molecule has 5 nitrogen and oxygen atoms in total. The van der Waals surface area contributed by atoms with Crippen molar-refractivity contribution in [2.75, 3.05) is 13.1 Å². The first kappa shape index (κ1) is 16.4. The Morgan fingerprint density at radius 1 is 1.21 bits per heavy atom. The van der Waals surface area contributed by atoms with Gasteiger partial charge in [0.1, 0.15) is 11.9 Å². The molecule has 1 N–H and O–H groups in total. The molecular formula is C17H20F2N4O. The van der Waals surface area contributed by atoms with Gasteiger partial charge in [-0.2, -0.15) is 0 Å². The lowest BCUT2D eigenvalue weighted by atomic mass is 10.1. The van der Waals surface area contributed by atoms with Crippen LogP contribution in [0.1, 0.15) is 36.7 Å². The summed E-state index contributed by atoms with van der Waals surface area (Å²) in [4.78, 5) is 18.6. The van der Waals surface area contributed by atoms with Crippen molar-refractivity contribution < 1.29 is 13.6 Å². The Labute approximate surface area is 139 Å². The van der Waals surface area contributed by atoms with E-state index in [4.69, 9.17) is 0 Å². The van der Waals surface area contributed by atoms with E-state index in [1.165, 1.54) is 6.07 Å². The molecule has 0 bridgehead atoms. The number of piperidine rings is 1. The quantitative estimate of drug-likeness (QED) is 0.938. The predicted octanol–water partition coefficient (Wildman–Crippen LogP) is 2.98. The van der Waals surface area contributed by atoms with Gasteiger partial charge in [0.25, 0.3) is 0 Å². The summed E-state index contributed by atoms with van der Waals surface area (Å²) in [5, 5.41) is 2.91. The normalized spacial score (nSPS) is 16.0. The van der Waals surface area contributed by atoms with E-state index in [0.29, 0.717) is 24.5 Å². The Hall–Kier alpha value is -2.44. The molecule has 1 aromatic heterocycles. The summed E-state index contributed by atoms with van der Waals surface area (Å²) in [7, 11) is 1.79. The molecule has 1 saturated heterocycles. The lowest BCUT2D eigenvalue weighted by Crippen LogP contribution is -2.44. The highest BCUT2D eigenvalue weighted by atomic mass is 19.2. The summed E-state index contributed by atoms with van der Waals surface area (Å²) in [5.74, 6) is -1.30. The molecule has 2 amide bonds. The van der Waals surface area contributed by atoms with Gasteiger partial charge in [-0.3, -0.25) is 0 Å². The highest BCUT2D eigenvalue weighted by Crippen LogP contribution is 2.23. The number of hydrogen-bond donors (Lipinski definition) is 1. The van der Waals surface area contributed by atoms with E-state index in [2.05, 4.69) is 10.3 Å². The predicted molar refractivity (Wildman–Crippen MR) is 85.4 cm³/mol. The van der Waals surface area contributed by atoms with Crippen LogP contribution in [0.2, 0.25) is 0 Å². The van der Waals surface area contributed by atoms with Crippen LogP contribution in [0, 0.1) is 11.6 Å². The number of rotatable bonds is 3. The molecule has 24 heavy (non-hydrogen) atoms. The van der Waals surface area contributed by atoms with Gasteiger partial charge in [-0.1, -0.05) is 6.07 Å². The average Bonchev–Trinajstić information content (AvgIpc) is 3.01. The van der Waals surface area contributed by atoms with Crippen molar-refractivity contribution in [3.8, 4) is 0 Å². The minimum absolute atomic E-state index is 0.215. The minimum atomic E-state index is -0.945. The molecule has 3 rings (SSSR count). The van der Waals surface area contributed by atoms with Gasteiger partial charge in [0.2, 0.25) is 0 Å². The van der Waals surface area contributed by atoms with E-state index in [0.717, 1.165) is 31.4 Å². The van der Waals surface area contributed by atoms with Gasteiger partial charge in [-0.25, -0.2) is 18.6 Å². The number of aryl methyl sites for hydroxylation is 1. The number of halogens is 2. The molecule has 1 aliphatic heterocycles. The third-order valence-electron chi connectivity index (χ3n) is 4.30. The van der Waals surface area contributed by atoms with Crippen LogP contribution in [-0.2, 0) is 7.05 Å². The van der Waals surface area contributed by atoms with E-state index in [1.807, 2.05) is 0 Å². The fourth-order valence-electron chi connectivity index (χ4n) is 2.96. The lowest BCUT2D eigenvalue weighted by Gasteiger charge is -2.29. The molecule has 0 spiro atoms. The number of carbonyl (C=O) groups is 1. The van der Waals surface area contributed by atoms with Gasteiger partial charge >= 0.3 is 6.03 Å². The fourth-order valence-corrected chi connectivity index (χ4v) is 2.96. The number of hydrogen-bond acceptors (Lipinski definition) is 2. The topological polar surface area (TPSA) is 50.2 Å². The first-order valence-electron chi connectivity index (χ1n) is 8.04.